The first-order valence-electron chi connectivity index (χ1n) is 11.6. The molecule has 0 spiro atoms. The zero-order chi connectivity index (χ0) is 26.7. The summed E-state index contributed by atoms with van der Waals surface area (Å²) in [6.45, 7) is 11.6. The fraction of sp³-hybridized carbons (Fsp3) is 0.385. The van der Waals surface area contributed by atoms with Crippen molar-refractivity contribution < 1.29 is 17.6 Å². The molecular formula is C26H32ClFN4O3S. The second-order valence-corrected chi connectivity index (χ2v) is 12.0. The van der Waals surface area contributed by atoms with E-state index >= 15 is 0 Å². The molecule has 0 saturated heterocycles. The second-order valence-electron chi connectivity index (χ2n) is 9.64. The van der Waals surface area contributed by atoms with Gasteiger partial charge in [0.15, 0.2) is 6.04 Å². The van der Waals surface area contributed by atoms with Crippen molar-refractivity contribution in [3.63, 3.8) is 0 Å². The zero-order valence-electron chi connectivity index (χ0n) is 20.9. The maximum atomic E-state index is 14.1. The molecule has 1 amide bonds. The number of carbonyl (C=O) groups is 1. The third kappa shape index (κ3) is 6.52. The van der Waals surface area contributed by atoms with Crippen LogP contribution in [0.4, 0.5) is 4.39 Å². The van der Waals surface area contributed by atoms with Gasteiger partial charge in [0.25, 0.3) is 0 Å². The van der Waals surface area contributed by atoms with Gasteiger partial charge in [0, 0.05) is 19.1 Å². The smallest absolute Gasteiger partial charge is 0.247 e. The lowest BCUT2D eigenvalue weighted by atomic mass is 9.95. The first kappa shape index (κ1) is 27.8. The molecular weight excluding hydrogens is 503 g/mol. The number of aliphatic imine (C=N–C) groups is 1. The maximum absolute atomic E-state index is 14.1. The summed E-state index contributed by atoms with van der Waals surface area (Å²) in [5.41, 5.74) is 0.400. The normalized spacial score (nSPS) is 17.1. The van der Waals surface area contributed by atoms with E-state index in [0.29, 0.717) is 17.0 Å². The highest BCUT2D eigenvalue weighted by molar-refractivity contribution is 7.89. The molecule has 194 valence electrons. The summed E-state index contributed by atoms with van der Waals surface area (Å²) in [6.07, 6.45) is 0.253. The molecule has 1 heterocycles. The number of nitrogens with one attached hydrogen (secondary N) is 2. The molecule has 7 nitrogen and oxygen atoms in total. The van der Waals surface area contributed by atoms with Crippen molar-refractivity contribution in [2.75, 3.05) is 6.54 Å². The Kier molecular flexibility index (Phi) is 8.59. The molecule has 3 rings (SSSR count). The summed E-state index contributed by atoms with van der Waals surface area (Å²) in [7, 11) is -3.89. The van der Waals surface area contributed by atoms with Gasteiger partial charge < -0.3 is 10.6 Å². The number of hydrogen-bond donors (Lipinski definition) is 2. The van der Waals surface area contributed by atoms with Crippen LogP contribution in [0.1, 0.15) is 39.7 Å². The quantitative estimate of drug-likeness (QED) is 0.476. The van der Waals surface area contributed by atoms with E-state index in [9.17, 15) is 17.6 Å². The summed E-state index contributed by atoms with van der Waals surface area (Å²) in [5.74, 6) is -0.338. The third-order valence-corrected chi connectivity index (χ3v) is 7.95. The number of rotatable bonds is 10. The molecule has 0 fully saturated rings. The average molecular weight is 535 g/mol. The van der Waals surface area contributed by atoms with Crippen LogP contribution in [-0.4, -0.2) is 48.6 Å². The number of benzene rings is 2. The van der Waals surface area contributed by atoms with Crippen LogP contribution in [0.3, 0.4) is 0 Å². The van der Waals surface area contributed by atoms with E-state index in [0.717, 1.165) is 0 Å². The summed E-state index contributed by atoms with van der Waals surface area (Å²) in [6, 6.07) is 11.6. The van der Waals surface area contributed by atoms with E-state index in [-0.39, 0.29) is 41.4 Å². The molecule has 2 N–H and O–H groups in total. The molecule has 1 aliphatic rings. The predicted octanol–water partition coefficient (Wildman–Crippen LogP) is 4.29. The van der Waals surface area contributed by atoms with Crippen LogP contribution >= 0.6 is 11.6 Å². The van der Waals surface area contributed by atoms with Crippen LogP contribution in [0, 0.1) is 5.82 Å². The maximum Gasteiger partial charge on any atom is 0.247 e. The minimum Gasteiger partial charge on any atom is -0.363 e. The second kappa shape index (κ2) is 11.1. The fourth-order valence-corrected chi connectivity index (χ4v) is 5.44. The number of amidine groups is 1. The van der Waals surface area contributed by atoms with Crippen molar-refractivity contribution in [3.8, 4) is 0 Å². The lowest BCUT2D eigenvalue weighted by molar-refractivity contribution is -0.123. The van der Waals surface area contributed by atoms with Gasteiger partial charge in [0.1, 0.15) is 11.7 Å². The number of halogens is 2. The molecule has 2 aromatic carbocycles. The zero-order valence-corrected chi connectivity index (χ0v) is 22.5. The Bertz CT molecular complexity index is 1260. The van der Waals surface area contributed by atoms with Crippen LogP contribution in [0.2, 0.25) is 5.02 Å². The highest BCUT2D eigenvalue weighted by atomic mass is 35.5. The first-order valence-corrected chi connectivity index (χ1v) is 13.5. The van der Waals surface area contributed by atoms with Crippen molar-refractivity contribution in [2.45, 2.75) is 63.2 Å². The van der Waals surface area contributed by atoms with E-state index in [4.69, 9.17) is 11.6 Å². The molecule has 36 heavy (non-hydrogen) atoms. The van der Waals surface area contributed by atoms with Gasteiger partial charge in [-0.15, -0.1) is 0 Å². The molecule has 10 heteroatoms. The van der Waals surface area contributed by atoms with Gasteiger partial charge in [-0.1, -0.05) is 42.4 Å². The highest BCUT2D eigenvalue weighted by Crippen LogP contribution is 2.25. The largest absolute Gasteiger partial charge is 0.363 e. The Morgan fingerprint density at radius 2 is 1.92 bits per heavy atom. The summed E-state index contributed by atoms with van der Waals surface area (Å²) >= 11 is 5.80. The molecule has 2 aromatic rings. The van der Waals surface area contributed by atoms with Gasteiger partial charge in [0.05, 0.1) is 15.5 Å². The van der Waals surface area contributed by atoms with E-state index in [2.05, 4.69) is 22.2 Å². The summed E-state index contributed by atoms with van der Waals surface area (Å²) in [5, 5.41) is 6.10. The van der Waals surface area contributed by atoms with Gasteiger partial charge in [-0.25, -0.2) is 12.8 Å². The van der Waals surface area contributed by atoms with Gasteiger partial charge in [-0.3, -0.25) is 9.79 Å². The lowest BCUT2D eigenvalue weighted by Crippen LogP contribution is -2.52. The van der Waals surface area contributed by atoms with Crippen LogP contribution < -0.4 is 10.6 Å². The fourth-order valence-electron chi connectivity index (χ4n) is 3.87. The van der Waals surface area contributed by atoms with Gasteiger partial charge in [-0.2, -0.15) is 4.31 Å². The van der Waals surface area contributed by atoms with E-state index in [1.807, 2.05) is 27.7 Å². The van der Waals surface area contributed by atoms with E-state index in [1.165, 1.54) is 28.6 Å². The lowest BCUT2D eigenvalue weighted by Gasteiger charge is -2.26. The van der Waals surface area contributed by atoms with Crippen molar-refractivity contribution >= 4 is 33.4 Å². The number of sulfonamides is 1. The van der Waals surface area contributed by atoms with Crippen molar-refractivity contribution in [2.24, 2.45) is 4.99 Å². The molecule has 0 radical (unpaired) electrons. The van der Waals surface area contributed by atoms with Crippen LogP contribution in [-0.2, 0) is 21.4 Å². The predicted molar refractivity (Wildman–Crippen MR) is 141 cm³/mol. The highest BCUT2D eigenvalue weighted by Gasteiger charge is 2.41. The first-order chi connectivity index (χ1) is 16.8. The summed E-state index contributed by atoms with van der Waals surface area (Å²) in [4.78, 5) is 17.3. The molecule has 0 bridgehead atoms. The Hall–Kier alpha value is -2.75. The van der Waals surface area contributed by atoms with Gasteiger partial charge >= 0.3 is 0 Å². The van der Waals surface area contributed by atoms with Crippen molar-refractivity contribution in [1.29, 1.82) is 0 Å². The minimum atomic E-state index is -3.89. The van der Waals surface area contributed by atoms with Gasteiger partial charge in [-0.05, 0) is 69.5 Å². The number of nitrogens with zero attached hydrogens (tertiary/aromatic N) is 2. The topological polar surface area (TPSA) is 90.9 Å². The monoisotopic (exact) mass is 534 g/mol. The molecule has 0 saturated carbocycles. The number of hydrogen-bond acceptors (Lipinski definition) is 5. The van der Waals surface area contributed by atoms with Crippen LogP contribution in [0.5, 0.6) is 0 Å². The standard InChI is InChI=1S/C26H32ClFN4O3S/c1-17(2)29-25(33)23-26(4,5)31-24(30-23)18(3)13-14-32(16-19-11-12-21(27)22(28)15-19)36(34,35)20-9-7-6-8-10-20/h6-12,15,17,23H,3,13-14,16H2,1-2,4-5H3,(H,29,33)(H,30,31)/t23-/m1/s1. The van der Waals surface area contributed by atoms with Crippen LogP contribution in [0.25, 0.3) is 0 Å². The summed E-state index contributed by atoms with van der Waals surface area (Å²) < 4.78 is 42.2. The van der Waals surface area contributed by atoms with Gasteiger partial charge in [0.2, 0.25) is 15.9 Å². The van der Waals surface area contributed by atoms with Crippen LogP contribution in [0.15, 0.2) is 70.6 Å². The number of carbonyl (C=O) groups excluding carboxylic acids is 1. The Morgan fingerprint density at radius 1 is 1.25 bits per heavy atom. The third-order valence-electron chi connectivity index (χ3n) is 5.78. The van der Waals surface area contributed by atoms with Crippen molar-refractivity contribution in [1.82, 2.24) is 14.9 Å². The Balaban J connectivity index is 1.82. The number of amides is 1. The molecule has 1 atom stereocenters. The molecule has 1 aliphatic heterocycles. The average Bonchev–Trinajstić information content (AvgIpc) is 3.14. The SMILES string of the molecule is C=C(CCN(Cc1ccc(Cl)c(F)c1)S(=O)(=O)c1ccccc1)C1=N[C@H](C(=O)NC(C)C)C(C)(C)N1. The Morgan fingerprint density at radius 3 is 2.53 bits per heavy atom. The van der Waals surface area contributed by atoms with E-state index in [1.54, 1.807) is 24.3 Å². The van der Waals surface area contributed by atoms with E-state index < -0.39 is 27.4 Å². The Labute approximate surface area is 217 Å². The molecule has 0 unspecified atom stereocenters. The molecule has 0 aliphatic carbocycles. The minimum absolute atomic E-state index is 0.0230. The van der Waals surface area contributed by atoms with Crippen molar-refractivity contribution in [3.05, 3.63) is 77.1 Å². The molecule has 0 aromatic heterocycles.